The molecule has 0 aliphatic carbocycles. The first-order valence-corrected chi connectivity index (χ1v) is 9.57. The van der Waals surface area contributed by atoms with E-state index in [1.54, 1.807) is 12.1 Å². The van der Waals surface area contributed by atoms with Crippen molar-refractivity contribution in [2.45, 2.75) is 45.6 Å². The molecule has 2 aromatic rings. The maximum atomic E-state index is 14.2. The number of benzene rings is 2. The number of ether oxygens (including phenoxy) is 1. The molecule has 4 nitrogen and oxygen atoms in total. The summed E-state index contributed by atoms with van der Waals surface area (Å²) in [5.74, 6) is -0.885. The molecule has 2 aromatic carbocycles. The lowest BCUT2D eigenvalue weighted by Gasteiger charge is -2.32. The molecular formula is C22H26FNO3. The predicted octanol–water partition coefficient (Wildman–Crippen LogP) is 4.58. The number of aryl methyl sites for hydroxylation is 1. The van der Waals surface area contributed by atoms with E-state index in [9.17, 15) is 9.18 Å². The molecule has 1 heterocycles. The molecule has 0 atom stereocenters. The maximum absolute atomic E-state index is 14.2. The molecule has 0 bridgehead atoms. The number of rotatable bonds is 8. The Kier molecular flexibility index (Phi) is 6.32. The number of hydrogen-bond acceptors (Lipinski definition) is 3. The Morgan fingerprint density at radius 3 is 2.85 bits per heavy atom. The molecular weight excluding hydrogens is 345 g/mol. The van der Waals surface area contributed by atoms with E-state index in [1.165, 1.54) is 17.3 Å². The minimum atomic E-state index is -0.930. The van der Waals surface area contributed by atoms with Crippen molar-refractivity contribution in [1.82, 2.24) is 0 Å². The Labute approximate surface area is 159 Å². The summed E-state index contributed by atoms with van der Waals surface area (Å²) < 4.78 is 20.0. The molecule has 1 N–H and O–H groups in total. The Morgan fingerprint density at radius 1 is 1.26 bits per heavy atom. The quantitative estimate of drug-likeness (QED) is 0.738. The van der Waals surface area contributed by atoms with Crippen LogP contribution in [-0.4, -0.2) is 24.2 Å². The Hall–Kier alpha value is -2.56. The summed E-state index contributed by atoms with van der Waals surface area (Å²) in [5, 5.41) is 8.73. The number of nitrogens with zero attached hydrogens (tertiary/aromatic N) is 1. The zero-order valence-corrected chi connectivity index (χ0v) is 15.7. The number of anilines is 1. The zero-order valence-electron chi connectivity index (χ0n) is 15.7. The lowest BCUT2D eigenvalue weighted by molar-refractivity contribution is -0.136. The summed E-state index contributed by atoms with van der Waals surface area (Å²) in [6.45, 7) is 4.74. The van der Waals surface area contributed by atoms with Crippen LogP contribution in [0.15, 0.2) is 36.4 Å². The van der Waals surface area contributed by atoms with Gasteiger partial charge in [0.15, 0.2) is 0 Å². The van der Waals surface area contributed by atoms with Crippen molar-refractivity contribution in [3.05, 3.63) is 58.9 Å². The Bertz CT molecular complexity index is 806. The van der Waals surface area contributed by atoms with Crippen LogP contribution >= 0.6 is 0 Å². The standard InChI is InChI=1S/C22H26FNO3/c1-2-12-24-13-4-6-19-17(5-3-7-21(19)24)15-27-18-10-8-16(20(23)14-18)9-11-22(25)26/h3,5,7-8,10,14H,2,4,6,9,11-13,15H2,1H3,(H,25,26). The lowest BCUT2D eigenvalue weighted by atomic mass is 9.96. The minimum Gasteiger partial charge on any atom is -0.489 e. The van der Waals surface area contributed by atoms with Gasteiger partial charge in [0.05, 0.1) is 0 Å². The fourth-order valence-corrected chi connectivity index (χ4v) is 3.63. The molecule has 5 heteroatoms. The fourth-order valence-electron chi connectivity index (χ4n) is 3.63. The van der Waals surface area contributed by atoms with E-state index in [0.29, 0.717) is 17.9 Å². The summed E-state index contributed by atoms with van der Waals surface area (Å²) in [6, 6.07) is 11.0. The highest BCUT2D eigenvalue weighted by Crippen LogP contribution is 2.31. The van der Waals surface area contributed by atoms with Gasteiger partial charge in [0.1, 0.15) is 18.2 Å². The normalized spacial score (nSPS) is 13.3. The van der Waals surface area contributed by atoms with Crippen LogP contribution in [0.2, 0.25) is 0 Å². The van der Waals surface area contributed by atoms with Gasteiger partial charge in [-0.05, 0) is 54.5 Å². The Balaban J connectivity index is 1.69. The largest absolute Gasteiger partial charge is 0.489 e. The molecule has 0 aromatic heterocycles. The highest BCUT2D eigenvalue weighted by Gasteiger charge is 2.19. The molecule has 0 saturated carbocycles. The van der Waals surface area contributed by atoms with Gasteiger partial charge in [0.2, 0.25) is 0 Å². The number of carboxylic acids is 1. The highest BCUT2D eigenvalue weighted by molar-refractivity contribution is 5.67. The average Bonchev–Trinajstić information content (AvgIpc) is 2.66. The summed E-state index contributed by atoms with van der Waals surface area (Å²) in [4.78, 5) is 13.1. The Morgan fingerprint density at radius 2 is 2.11 bits per heavy atom. The zero-order chi connectivity index (χ0) is 19.2. The molecule has 0 unspecified atom stereocenters. The van der Waals surface area contributed by atoms with Crippen molar-refractivity contribution < 1.29 is 19.0 Å². The van der Waals surface area contributed by atoms with Gasteiger partial charge in [-0.1, -0.05) is 25.1 Å². The summed E-state index contributed by atoms with van der Waals surface area (Å²) in [7, 11) is 0. The second kappa shape index (κ2) is 8.89. The van der Waals surface area contributed by atoms with Crippen molar-refractivity contribution in [2.24, 2.45) is 0 Å². The average molecular weight is 371 g/mol. The fraction of sp³-hybridized carbons (Fsp3) is 0.409. The van der Waals surface area contributed by atoms with Crippen molar-refractivity contribution in [3.63, 3.8) is 0 Å². The van der Waals surface area contributed by atoms with Crippen LogP contribution in [0.1, 0.15) is 42.9 Å². The van der Waals surface area contributed by atoms with Crippen molar-refractivity contribution in [2.75, 3.05) is 18.0 Å². The summed E-state index contributed by atoms with van der Waals surface area (Å²) in [5.41, 5.74) is 4.16. The molecule has 3 rings (SSSR count). The molecule has 1 aliphatic heterocycles. The van der Waals surface area contributed by atoms with E-state index < -0.39 is 11.8 Å². The second-order valence-corrected chi connectivity index (χ2v) is 6.94. The van der Waals surface area contributed by atoms with Crippen LogP contribution in [0.4, 0.5) is 10.1 Å². The summed E-state index contributed by atoms with van der Waals surface area (Å²) in [6.07, 6.45) is 3.39. The molecule has 0 fully saturated rings. The topological polar surface area (TPSA) is 49.8 Å². The van der Waals surface area contributed by atoms with Gasteiger partial charge in [-0.25, -0.2) is 4.39 Å². The van der Waals surface area contributed by atoms with Crippen LogP contribution in [0.5, 0.6) is 5.75 Å². The van der Waals surface area contributed by atoms with E-state index in [0.717, 1.165) is 37.9 Å². The van der Waals surface area contributed by atoms with E-state index in [4.69, 9.17) is 9.84 Å². The van der Waals surface area contributed by atoms with Crippen molar-refractivity contribution in [1.29, 1.82) is 0 Å². The van der Waals surface area contributed by atoms with Crippen LogP contribution in [0.25, 0.3) is 0 Å². The SMILES string of the molecule is CCCN1CCCc2c(COc3ccc(CCC(=O)O)c(F)c3)cccc21. The van der Waals surface area contributed by atoms with Gasteiger partial charge in [0.25, 0.3) is 0 Å². The molecule has 0 spiro atoms. The van der Waals surface area contributed by atoms with Gasteiger partial charge in [-0.3, -0.25) is 4.79 Å². The first kappa shape index (κ1) is 19.2. The first-order valence-electron chi connectivity index (χ1n) is 9.57. The first-order chi connectivity index (χ1) is 13.1. The van der Waals surface area contributed by atoms with Crippen LogP contribution in [0, 0.1) is 5.82 Å². The highest BCUT2D eigenvalue weighted by atomic mass is 19.1. The minimum absolute atomic E-state index is 0.0818. The molecule has 1 aliphatic rings. The van der Waals surface area contributed by atoms with Crippen LogP contribution < -0.4 is 9.64 Å². The van der Waals surface area contributed by atoms with Crippen LogP contribution in [-0.2, 0) is 24.2 Å². The number of aliphatic carboxylic acids is 1. The van der Waals surface area contributed by atoms with E-state index >= 15 is 0 Å². The van der Waals surface area contributed by atoms with E-state index in [1.807, 2.05) is 0 Å². The van der Waals surface area contributed by atoms with E-state index in [2.05, 4.69) is 30.0 Å². The van der Waals surface area contributed by atoms with E-state index in [-0.39, 0.29) is 12.8 Å². The molecule has 0 amide bonds. The number of hydrogen-bond donors (Lipinski definition) is 1. The molecule has 144 valence electrons. The monoisotopic (exact) mass is 371 g/mol. The molecule has 0 saturated heterocycles. The van der Waals surface area contributed by atoms with Crippen molar-refractivity contribution in [3.8, 4) is 5.75 Å². The number of fused-ring (bicyclic) bond motifs is 1. The van der Waals surface area contributed by atoms with Gasteiger partial charge in [-0.2, -0.15) is 0 Å². The predicted molar refractivity (Wildman–Crippen MR) is 104 cm³/mol. The van der Waals surface area contributed by atoms with Crippen LogP contribution in [0.3, 0.4) is 0 Å². The maximum Gasteiger partial charge on any atom is 0.303 e. The summed E-state index contributed by atoms with van der Waals surface area (Å²) >= 11 is 0. The lowest BCUT2D eigenvalue weighted by Crippen LogP contribution is -2.30. The van der Waals surface area contributed by atoms with Crippen molar-refractivity contribution >= 4 is 11.7 Å². The number of halogens is 1. The van der Waals surface area contributed by atoms with Gasteiger partial charge < -0.3 is 14.7 Å². The molecule has 27 heavy (non-hydrogen) atoms. The smallest absolute Gasteiger partial charge is 0.303 e. The third-order valence-electron chi connectivity index (χ3n) is 4.96. The third kappa shape index (κ3) is 4.79. The third-order valence-corrected chi connectivity index (χ3v) is 4.96. The molecule has 0 radical (unpaired) electrons. The number of carboxylic acid groups (broad SMARTS) is 1. The van der Waals surface area contributed by atoms with Gasteiger partial charge in [-0.15, -0.1) is 0 Å². The van der Waals surface area contributed by atoms with Gasteiger partial charge in [0, 0.05) is 31.3 Å². The van der Waals surface area contributed by atoms with Gasteiger partial charge >= 0.3 is 5.97 Å². The second-order valence-electron chi connectivity index (χ2n) is 6.94. The number of carbonyl (C=O) groups is 1.